The average molecular weight is 423 g/mol. The maximum absolute atomic E-state index is 12.7. The van der Waals surface area contributed by atoms with Gasteiger partial charge in [-0.25, -0.2) is 18.1 Å². The highest BCUT2D eigenvalue weighted by atomic mass is 32.2. The van der Waals surface area contributed by atoms with Crippen LogP contribution in [0.4, 0.5) is 0 Å². The largest absolute Gasteiger partial charge is 0.457 e. The fourth-order valence-corrected chi connectivity index (χ4v) is 5.54. The third-order valence-electron chi connectivity index (χ3n) is 4.96. The number of aryl methyl sites for hydroxylation is 1. The van der Waals surface area contributed by atoms with E-state index in [0.717, 1.165) is 27.2 Å². The summed E-state index contributed by atoms with van der Waals surface area (Å²) in [6.07, 6.45) is 2.99. The number of fused-ring (bicyclic) bond motifs is 2. The van der Waals surface area contributed by atoms with E-state index in [1.807, 2.05) is 54.6 Å². The predicted octanol–water partition coefficient (Wildman–Crippen LogP) is 4.96. The van der Waals surface area contributed by atoms with E-state index < -0.39 is 10.0 Å². The molecule has 0 fully saturated rings. The lowest BCUT2D eigenvalue weighted by molar-refractivity contribution is 0.510. The Morgan fingerprint density at radius 2 is 1.83 bits per heavy atom. The molecule has 5 rings (SSSR count). The molecule has 0 amide bonds. The van der Waals surface area contributed by atoms with Crippen LogP contribution in [0.15, 0.2) is 70.0 Å². The summed E-state index contributed by atoms with van der Waals surface area (Å²) in [6, 6.07) is 19.4. The van der Waals surface area contributed by atoms with Gasteiger partial charge in [0.25, 0.3) is 0 Å². The summed E-state index contributed by atoms with van der Waals surface area (Å²) in [7, 11) is -3.56. The molecule has 29 heavy (non-hydrogen) atoms. The zero-order valence-electron chi connectivity index (χ0n) is 15.5. The Labute approximate surface area is 172 Å². The summed E-state index contributed by atoms with van der Waals surface area (Å²) >= 11 is 1.55. The molecular formula is C22H18N2O3S2. The van der Waals surface area contributed by atoms with Crippen molar-refractivity contribution < 1.29 is 12.8 Å². The van der Waals surface area contributed by atoms with Crippen LogP contribution < -0.4 is 4.72 Å². The lowest BCUT2D eigenvalue weighted by Crippen LogP contribution is -2.25. The van der Waals surface area contributed by atoms with Crippen LogP contribution >= 0.6 is 11.3 Å². The van der Waals surface area contributed by atoms with Gasteiger partial charge in [0.15, 0.2) is 10.8 Å². The lowest BCUT2D eigenvalue weighted by Gasteiger charge is -2.16. The van der Waals surface area contributed by atoms with Gasteiger partial charge in [0.1, 0.15) is 5.76 Å². The Hall–Kier alpha value is -2.74. The normalized spacial score (nSPS) is 14.0. The summed E-state index contributed by atoms with van der Waals surface area (Å²) in [5, 5.41) is 0.784. The van der Waals surface area contributed by atoms with Gasteiger partial charge < -0.3 is 4.42 Å². The van der Waals surface area contributed by atoms with Crippen molar-refractivity contribution in [3.8, 4) is 10.8 Å². The molecule has 0 spiro atoms. The summed E-state index contributed by atoms with van der Waals surface area (Å²) in [5.41, 5.74) is 3.07. The molecule has 1 aliphatic carbocycles. The minimum Gasteiger partial charge on any atom is -0.457 e. The number of nitrogens with zero attached hydrogens (tertiary/aromatic N) is 1. The van der Waals surface area contributed by atoms with E-state index in [0.29, 0.717) is 22.8 Å². The highest BCUT2D eigenvalue weighted by molar-refractivity contribution is 7.93. The van der Waals surface area contributed by atoms with E-state index in [1.165, 1.54) is 5.56 Å². The molecule has 0 bridgehead atoms. The van der Waals surface area contributed by atoms with E-state index >= 15 is 0 Å². The topological polar surface area (TPSA) is 72.2 Å². The smallest absolute Gasteiger partial charge is 0.237 e. The molecule has 0 unspecified atom stereocenters. The second-order valence-electron chi connectivity index (χ2n) is 6.89. The Morgan fingerprint density at radius 1 is 1.00 bits per heavy atom. The Bertz CT molecular complexity index is 1300. The van der Waals surface area contributed by atoms with E-state index in [9.17, 15) is 8.42 Å². The number of furan rings is 1. The summed E-state index contributed by atoms with van der Waals surface area (Å²) < 4.78 is 35.1. The van der Waals surface area contributed by atoms with Gasteiger partial charge in [0.05, 0.1) is 21.7 Å². The number of sulfonamides is 1. The number of thiazole rings is 1. The molecule has 0 saturated heterocycles. The van der Waals surface area contributed by atoms with Gasteiger partial charge >= 0.3 is 0 Å². The third-order valence-corrected chi connectivity index (χ3v) is 7.55. The van der Waals surface area contributed by atoms with Crippen molar-refractivity contribution >= 4 is 37.7 Å². The molecule has 2 aromatic heterocycles. The van der Waals surface area contributed by atoms with E-state index in [1.54, 1.807) is 23.5 Å². The van der Waals surface area contributed by atoms with Gasteiger partial charge in [0, 0.05) is 0 Å². The summed E-state index contributed by atoms with van der Waals surface area (Å²) in [5.74, 6) is 1.20. The van der Waals surface area contributed by atoms with Crippen LogP contribution in [0.3, 0.4) is 0 Å². The van der Waals surface area contributed by atoms with Crippen molar-refractivity contribution in [2.45, 2.75) is 19.4 Å². The van der Waals surface area contributed by atoms with E-state index in [4.69, 9.17) is 4.42 Å². The molecular weight excluding hydrogens is 404 g/mol. The monoisotopic (exact) mass is 422 g/mol. The number of nitrogens with one attached hydrogen (secondary N) is 1. The minimum absolute atomic E-state index is 0.103. The number of para-hydroxylation sites is 1. The second-order valence-corrected chi connectivity index (χ2v) is 9.74. The van der Waals surface area contributed by atoms with Crippen molar-refractivity contribution in [3.05, 3.63) is 82.5 Å². The summed E-state index contributed by atoms with van der Waals surface area (Å²) in [4.78, 5) is 4.99. The van der Waals surface area contributed by atoms with Crippen molar-refractivity contribution in [2.75, 3.05) is 0 Å². The first-order valence-corrected chi connectivity index (χ1v) is 11.6. The first-order valence-electron chi connectivity index (χ1n) is 9.31. The standard InChI is InChI=1S/C22H18N2O3S2/c25-29(26,18-11-9-15-5-1-2-6-16(15)13-18)23-14-17-10-12-20(27-17)22-24-19-7-3-4-8-21(19)28-22/h1-8,10,12-13,23H,9,11,14H2. The number of hydrogen-bond donors (Lipinski definition) is 1. The molecule has 1 aliphatic rings. The van der Waals surface area contributed by atoms with Crippen LogP contribution in [0.2, 0.25) is 0 Å². The fourth-order valence-electron chi connectivity index (χ4n) is 3.44. The van der Waals surface area contributed by atoms with Crippen LogP contribution in [-0.2, 0) is 23.0 Å². The van der Waals surface area contributed by atoms with Crippen LogP contribution in [0.5, 0.6) is 0 Å². The number of aromatic nitrogens is 1. The quantitative estimate of drug-likeness (QED) is 0.493. The van der Waals surface area contributed by atoms with Crippen molar-refractivity contribution in [3.63, 3.8) is 0 Å². The first-order chi connectivity index (χ1) is 14.1. The molecule has 2 heterocycles. The van der Waals surface area contributed by atoms with Gasteiger partial charge in [0.2, 0.25) is 10.0 Å². The van der Waals surface area contributed by atoms with Crippen LogP contribution in [0.1, 0.15) is 23.3 Å². The van der Waals surface area contributed by atoms with Crippen LogP contribution in [0.25, 0.3) is 27.1 Å². The van der Waals surface area contributed by atoms with Gasteiger partial charge in [-0.15, -0.1) is 11.3 Å². The zero-order valence-corrected chi connectivity index (χ0v) is 17.1. The van der Waals surface area contributed by atoms with E-state index in [2.05, 4.69) is 9.71 Å². The Morgan fingerprint density at radius 3 is 2.72 bits per heavy atom. The lowest BCUT2D eigenvalue weighted by atomic mass is 9.98. The molecule has 0 saturated carbocycles. The molecule has 0 radical (unpaired) electrons. The van der Waals surface area contributed by atoms with Gasteiger partial charge in [-0.3, -0.25) is 0 Å². The third kappa shape index (κ3) is 3.64. The van der Waals surface area contributed by atoms with Gasteiger partial charge in [-0.05, 0) is 54.3 Å². The predicted molar refractivity (Wildman–Crippen MR) is 116 cm³/mol. The van der Waals surface area contributed by atoms with Crippen molar-refractivity contribution in [2.24, 2.45) is 0 Å². The second kappa shape index (κ2) is 7.26. The minimum atomic E-state index is -3.56. The molecule has 4 aromatic rings. The highest BCUT2D eigenvalue weighted by Gasteiger charge is 2.22. The Balaban J connectivity index is 1.32. The fraction of sp³-hybridized carbons (Fsp3) is 0.136. The van der Waals surface area contributed by atoms with Gasteiger partial charge in [-0.2, -0.15) is 0 Å². The number of hydrogen-bond acceptors (Lipinski definition) is 5. The zero-order chi connectivity index (χ0) is 19.8. The molecule has 0 atom stereocenters. The molecule has 5 nitrogen and oxygen atoms in total. The maximum atomic E-state index is 12.7. The summed E-state index contributed by atoms with van der Waals surface area (Å²) in [6.45, 7) is 0.103. The molecule has 0 aliphatic heterocycles. The van der Waals surface area contributed by atoms with Crippen molar-refractivity contribution in [1.29, 1.82) is 0 Å². The van der Waals surface area contributed by atoms with E-state index in [-0.39, 0.29) is 6.54 Å². The Kier molecular flexibility index (Phi) is 4.58. The number of benzene rings is 2. The van der Waals surface area contributed by atoms with Crippen LogP contribution in [-0.4, -0.2) is 13.4 Å². The number of allylic oxidation sites excluding steroid dienone is 1. The number of rotatable bonds is 5. The van der Waals surface area contributed by atoms with Crippen molar-refractivity contribution in [1.82, 2.24) is 9.71 Å². The highest BCUT2D eigenvalue weighted by Crippen LogP contribution is 2.31. The maximum Gasteiger partial charge on any atom is 0.237 e. The first kappa shape index (κ1) is 18.3. The molecule has 146 valence electrons. The molecule has 7 heteroatoms. The average Bonchev–Trinajstić information content (AvgIpc) is 3.38. The molecule has 2 aromatic carbocycles. The SMILES string of the molecule is O=S(=O)(NCc1ccc(-c2nc3ccccc3s2)o1)C1=Cc2ccccc2CC1. The van der Waals surface area contributed by atoms with Gasteiger partial charge in [-0.1, -0.05) is 36.4 Å². The van der Waals surface area contributed by atoms with Crippen LogP contribution in [0, 0.1) is 0 Å². The molecule has 1 N–H and O–H groups in total.